The molecule has 0 bridgehead atoms. The number of piperazine rings is 1. The van der Waals surface area contributed by atoms with Crippen molar-refractivity contribution in [1.29, 1.82) is 0 Å². The zero-order valence-corrected chi connectivity index (χ0v) is 10.5. The van der Waals surface area contributed by atoms with Crippen molar-refractivity contribution in [2.24, 2.45) is 0 Å². The second kappa shape index (κ2) is 5.82. The van der Waals surface area contributed by atoms with Crippen LogP contribution >= 0.6 is 0 Å². The van der Waals surface area contributed by atoms with E-state index in [0.717, 1.165) is 26.1 Å². The van der Waals surface area contributed by atoms with Gasteiger partial charge in [0.25, 0.3) is 0 Å². The van der Waals surface area contributed by atoms with Crippen molar-refractivity contribution in [3.05, 3.63) is 0 Å². The summed E-state index contributed by atoms with van der Waals surface area (Å²) < 4.78 is 23.0. The Bertz CT molecular complexity index is 277. The Morgan fingerprint density at radius 2 is 2.13 bits per heavy atom. The minimum Gasteiger partial charge on any atom is -0.312 e. The van der Waals surface area contributed by atoms with Crippen molar-refractivity contribution in [3.63, 3.8) is 0 Å². The van der Waals surface area contributed by atoms with Crippen LogP contribution in [0.1, 0.15) is 20.3 Å². The Balaban J connectivity index is 2.30. The molecule has 4 nitrogen and oxygen atoms in total. The molecule has 1 aliphatic rings. The van der Waals surface area contributed by atoms with Gasteiger partial charge in [-0.3, -0.25) is 4.90 Å². The van der Waals surface area contributed by atoms with E-state index in [4.69, 9.17) is 0 Å². The fraction of sp³-hybridized carbons (Fsp3) is 1.00. The molecule has 0 radical (unpaired) electrons. The van der Waals surface area contributed by atoms with Crippen LogP contribution in [0.25, 0.3) is 0 Å². The average molecular weight is 234 g/mol. The van der Waals surface area contributed by atoms with E-state index in [1.807, 2.05) is 6.92 Å². The van der Waals surface area contributed by atoms with Crippen LogP contribution in [0.3, 0.4) is 0 Å². The molecule has 90 valence electrons. The summed E-state index contributed by atoms with van der Waals surface area (Å²) in [5.41, 5.74) is 0. The average Bonchev–Trinajstić information content (AvgIpc) is 2.15. The van der Waals surface area contributed by atoms with Crippen LogP contribution in [-0.2, 0) is 9.84 Å². The minimum absolute atomic E-state index is 0.313. The van der Waals surface area contributed by atoms with Gasteiger partial charge in [-0.05, 0) is 13.3 Å². The standard InChI is InChI=1S/C10H22N2O2S/c1-3-7-15(13,14)8-6-12-5-4-11-10(2)9-12/h10-11H,3-9H2,1-2H3/t10-/m0/s1. The molecule has 0 saturated carbocycles. The Kier molecular flexibility index (Phi) is 5.02. The fourth-order valence-corrected chi connectivity index (χ4v) is 3.26. The van der Waals surface area contributed by atoms with Gasteiger partial charge in [-0.25, -0.2) is 8.42 Å². The predicted molar refractivity (Wildman–Crippen MR) is 62.8 cm³/mol. The van der Waals surface area contributed by atoms with E-state index < -0.39 is 9.84 Å². The first-order chi connectivity index (χ1) is 7.03. The van der Waals surface area contributed by atoms with Crippen LogP contribution in [0.5, 0.6) is 0 Å². The first-order valence-electron chi connectivity index (χ1n) is 5.69. The predicted octanol–water partition coefficient (Wildman–Crippen LogP) is 0.105. The maximum absolute atomic E-state index is 11.5. The highest BCUT2D eigenvalue weighted by Crippen LogP contribution is 2.01. The van der Waals surface area contributed by atoms with Gasteiger partial charge < -0.3 is 5.32 Å². The summed E-state index contributed by atoms with van der Waals surface area (Å²) >= 11 is 0. The molecule has 1 atom stereocenters. The smallest absolute Gasteiger partial charge is 0.151 e. The zero-order valence-electron chi connectivity index (χ0n) is 9.70. The highest BCUT2D eigenvalue weighted by atomic mass is 32.2. The van der Waals surface area contributed by atoms with E-state index in [2.05, 4.69) is 17.1 Å². The molecule has 1 rings (SSSR count). The molecular formula is C10H22N2O2S. The van der Waals surface area contributed by atoms with Crippen LogP contribution in [0.15, 0.2) is 0 Å². The van der Waals surface area contributed by atoms with Crippen LogP contribution in [0, 0.1) is 0 Å². The minimum atomic E-state index is -2.81. The van der Waals surface area contributed by atoms with Crippen molar-refractivity contribution in [2.75, 3.05) is 37.7 Å². The summed E-state index contributed by atoms with van der Waals surface area (Å²) in [6.45, 7) is 7.62. The van der Waals surface area contributed by atoms with Gasteiger partial charge in [0.05, 0.1) is 5.75 Å². The third kappa shape index (κ3) is 4.95. The molecule has 0 amide bonds. The molecule has 1 fully saturated rings. The van der Waals surface area contributed by atoms with E-state index in [-0.39, 0.29) is 0 Å². The Labute approximate surface area is 93.0 Å². The lowest BCUT2D eigenvalue weighted by Gasteiger charge is -2.31. The number of rotatable bonds is 5. The van der Waals surface area contributed by atoms with Crippen molar-refractivity contribution < 1.29 is 8.42 Å². The van der Waals surface area contributed by atoms with Gasteiger partial charge >= 0.3 is 0 Å². The Morgan fingerprint density at radius 3 is 2.73 bits per heavy atom. The molecule has 1 N–H and O–H groups in total. The number of hydrogen-bond donors (Lipinski definition) is 1. The lowest BCUT2D eigenvalue weighted by atomic mass is 10.2. The molecule has 5 heteroatoms. The largest absolute Gasteiger partial charge is 0.312 e. The molecule has 1 heterocycles. The van der Waals surface area contributed by atoms with E-state index in [1.165, 1.54) is 0 Å². The van der Waals surface area contributed by atoms with Gasteiger partial charge in [0.1, 0.15) is 0 Å². The van der Waals surface area contributed by atoms with Crippen LogP contribution in [0.2, 0.25) is 0 Å². The SMILES string of the molecule is CCCS(=O)(=O)CCN1CCN[C@@H](C)C1. The summed E-state index contributed by atoms with van der Waals surface area (Å²) in [7, 11) is -2.81. The molecule has 1 saturated heterocycles. The first kappa shape index (κ1) is 12.9. The van der Waals surface area contributed by atoms with E-state index >= 15 is 0 Å². The van der Waals surface area contributed by atoms with Gasteiger partial charge in [0.15, 0.2) is 9.84 Å². The van der Waals surface area contributed by atoms with Crippen LogP contribution in [0.4, 0.5) is 0 Å². The van der Waals surface area contributed by atoms with Gasteiger partial charge in [0, 0.05) is 38.0 Å². The molecule has 15 heavy (non-hydrogen) atoms. The molecule has 0 aromatic rings. The molecular weight excluding hydrogens is 212 g/mol. The van der Waals surface area contributed by atoms with Crippen molar-refractivity contribution >= 4 is 9.84 Å². The van der Waals surface area contributed by atoms with Gasteiger partial charge in [0.2, 0.25) is 0 Å². The summed E-state index contributed by atoms with van der Waals surface area (Å²) in [6.07, 6.45) is 0.723. The lowest BCUT2D eigenvalue weighted by molar-refractivity contribution is 0.217. The topological polar surface area (TPSA) is 49.4 Å². The highest BCUT2D eigenvalue weighted by Gasteiger charge is 2.17. The van der Waals surface area contributed by atoms with Gasteiger partial charge in [-0.1, -0.05) is 6.92 Å². The summed E-state index contributed by atoms with van der Waals surface area (Å²) in [5, 5.41) is 3.34. The number of nitrogens with zero attached hydrogens (tertiary/aromatic N) is 1. The zero-order chi connectivity index (χ0) is 11.3. The number of sulfone groups is 1. The summed E-state index contributed by atoms with van der Waals surface area (Å²) in [4.78, 5) is 2.23. The molecule has 0 aromatic carbocycles. The van der Waals surface area contributed by atoms with Gasteiger partial charge in [-0.15, -0.1) is 0 Å². The second-order valence-electron chi connectivity index (χ2n) is 4.31. The fourth-order valence-electron chi connectivity index (χ4n) is 1.90. The summed E-state index contributed by atoms with van der Waals surface area (Å²) in [5.74, 6) is 0.641. The number of nitrogens with one attached hydrogen (secondary N) is 1. The second-order valence-corrected chi connectivity index (χ2v) is 6.61. The maximum atomic E-state index is 11.5. The molecule has 0 spiro atoms. The third-order valence-corrected chi connectivity index (χ3v) is 4.52. The Hall–Kier alpha value is -0.130. The van der Waals surface area contributed by atoms with E-state index in [9.17, 15) is 8.42 Å². The molecule has 0 aliphatic carbocycles. The summed E-state index contributed by atoms with van der Waals surface area (Å²) in [6, 6.07) is 0.479. The van der Waals surface area contributed by atoms with Crippen molar-refractivity contribution in [2.45, 2.75) is 26.3 Å². The third-order valence-electron chi connectivity index (χ3n) is 2.69. The maximum Gasteiger partial charge on any atom is 0.151 e. The van der Waals surface area contributed by atoms with E-state index in [1.54, 1.807) is 0 Å². The molecule has 1 aliphatic heterocycles. The highest BCUT2D eigenvalue weighted by molar-refractivity contribution is 7.91. The molecule has 0 unspecified atom stereocenters. The normalized spacial score (nSPS) is 24.3. The van der Waals surface area contributed by atoms with Crippen molar-refractivity contribution in [1.82, 2.24) is 10.2 Å². The van der Waals surface area contributed by atoms with Crippen LogP contribution in [-0.4, -0.2) is 57.0 Å². The molecule has 0 aromatic heterocycles. The first-order valence-corrected chi connectivity index (χ1v) is 7.52. The number of hydrogen-bond acceptors (Lipinski definition) is 4. The quantitative estimate of drug-likeness (QED) is 0.733. The van der Waals surface area contributed by atoms with Crippen LogP contribution < -0.4 is 5.32 Å². The van der Waals surface area contributed by atoms with E-state index in [0.29, 0.717) is 24.1 Å². The monoisotopic (exact) mass is 234 g/mol. The Morgan fingerprint density at radius 1 is 1.40 bits per heavy atom. The lowest BCUT2D eigenvalue weighted by Crippen LogP contribution is -2.50. The van der Waals surface area contributed by atoms with Gasteiger partial charge in [-0.2, -0.15) is 0 Å². The van der Waals surface area contributed by atoms with Crippen molar-refractivity contribution in [3.8, 4) is 0 Å².